The van der Waals surface area contributed by atoms with Gasteiger partial charge in [-0.25, -0.2) is 13.8 Å². The number of aromatic nitrogens is 4. The first-order valence-corrected chi connectivity index (χ1v) is 11.7. The third-order valence-electron chi connectivity index (χ3n) is 5.52. The van der Waals surface area contributed by atoms with Crippen molar-refractivity contribution in [1.29, 1.82) is 0 Å². The van der Waals surface area contributed by atoms with Gasteiger partial charge < -0.3 is 25.0 Å². The minimum atomic E-state index is -1.01. The Bertz CT molecular complexity index is 1170. The minimum absolute atomic E-state index is 0.133. The van der Waals surface area contributed by atoms with E-state index in [1.165, 1.54) is 18.0 Å². The molecule has 0 spiro atoms. The Morgan fingerprint density at radius 3 is 2.58 bits per heavy atom. The van der Waals surface area contributed by atoms with Gasteiger partial charge in [-0.1, -0.05) is 13.8 Å². The van der Waals surface area contributed by atoms with E-state index in [2.05, 4.69) is 30.5 Å². The fourth-order valence-corrected chi connectivity index (χ4v) is 3.60. The lowest BCUT2D eigenvalue weighted by Gasteiger charge is -2.22. The number of carbonyl (C=O) groups is 1. The first kappa shape index (κ1) is 27.2. The van der Waals surface area contributed by atoms with Crippen LogP contribution in [0.15, 0.2) is 24.5 Å². The third-order valence-corrected chi connectivity index (χ3v) is 5.52. The van der Waals surface area contributed by atoms with E-state index in [0.29, 0.717) is 37.5 Å². The van der Waals surface area contributed by atoms with Crippen LogP contribution in [0, 0.1) is 17.6 Å². The van der Waals surface area contributed by atoms with Crippen LogP contribution in [0.3, 0.4) is 0 Å². The average Bonchev–Trinajstić information content (AvgIpc) is 3.24. The molecule has 1 aromatic carbocycles. The predicted octanol–water partition coefficient (Wildman–Crippen LogP) is 2.62. The van der Waals surface area contributed by atoms with Gasteiger partial charge in [0.1, 0.15) is 18.2 Å². The van der Waals surface area contributed by atoms with Crippen LogP contribution in [-0.2, 0) is 9.53 Å². The van der Waals surface area contributed by atoms with Gasteiger partial charge in [-0.05, 0) is 19.4 Å². The number of likely N-dealkylation sites (N-methyl/N-ethyl adjacent to an activating group) is 1. The van der Waals surface area contributed by atoms with E-state index < -0.39 is 17.7 Å². The molecule has 196 valence electrons. The summed E-state index contributed by atoms with van der Waals surface area (Å²) in [5.74, 6) is -1.21. The highest BCUT2D eigenvalue weighted by Gasteiger charge is 2.22. The minimum Gasteiger partial charge on any atom is -0.481 e. The summed E-state index contributed by atoms with van der Waals surface area (Å²) < 4.78 is 39.3. The van der Waals surface area contributed by atoms with Crippen molar-refractivity contribution in [2.75, 3.05) is 52.8 Å². The standard InChI is InChI=1S/C24H33F2N7O3/c1-15(2)10-19(23(34)27-6-7-32(3)8-9-35-4)29-21-13-22(36-5)31-24(30-21)33-14-28-18-11-16(25)17(26)12-20(18)33/h11-15,19H,6-10H2,1-5H3,(H,27,34)(H,29,30,31). The number of benzene rings is 1. The summed E-state index contributed by atoms with van der Waals surface area (Å²) in [6.45, 7) is 6.60. The molecular formula is C24H33F2N7O3. The Morgan fingerprint density at radius 1 is 1.14 bits per heavy atom. The first-order valence-electron chi connectivity index (χ1n) is 11.7. The molecule has 1 unspecified atom stereocenters. The monoisotopic (exact) mass is 505 g/mol. The molecule has 0 aliphatic carbocycles. The van der Waals surface area contributed by atoms with E-state index >= 15 is 0 Å². The number of nitrogens with zero attached hydrogens (tertiary/aromatic N) is 5. The number of anilines is 1. The molecule has 2 aromatic heterocycles. The van der Waals surface area contributed by atoms with Crippen LogP contribution in [-0.4, -0.2) is 83.9 Å². The third kappa shape index (κ3) is 7.08. The highest BCUT2D eigenvalue weighted by Crippen LogP contribution is 2.23. The summed E-state index contributed by atoms with van der Waals surface area (Å²) in [4.78, 5) is 28.0. The highest BCUT2D eigenvalue weighted by molar-refractivity contribution is 5.84. The van der Waals surface area contributed by atoms with Crippen molar-refractivity contribution >= 4 is 22.8 Å². The zero-order valence-electron chi connectivity index (χ0n) is 21.2. The van der Waals surface area contributed by atoms with E-state index in [9.17, 15) is 13.6 Å². The topological polar surface area (TPSA) is 106 Å². The zero-order valence-corrected chi connectivity index (χ0v) is 21.2. The van der Waals surface area contributed by atoms with Gasteiger partial charge in [-0.15, -0.1) is 0 Å². The number of fused-ring (bicyclic) bond motifs is 1. The van der Waals surface area contributed by atoms with E-state index in [-0.39, 0.29) is 29.2 Å². The number of carbonyl (C=O) groups excluding carboxylic acids is 1. The van der Waals surface area contributed by atoms with Gasteiger partial charge in [-0.3, -0.25) is 9.36 Å². The molecule has 12 heteroatoms. The second-order valence-corrected chi connectivity index (χ2v) is 8.88. The molecule has 0 bridgehead atoms. The van der Waals surface area contributed by atoms with Gasteiger partial charge >= 0.3 is 0 Å². The molecule has 0 aliphatic rings. The highest BCUT2D eigenvalue weighted by atomic mass is 19.2. The van der Waals surface area contributed by atoms with Crippen LogP contribution >= 0.6 is 0 Å². The van der Waals surface area contributed by atoms with Gasteiger partial charge in [0, 0.05) is 44.9 Å². The van der Waals surface area contributed by atoms with Gasteiger partial charge in [0.2, 0.25) is 17.7 Å². The van der Waals surface area contributed by atoms with Crippen molar-refractivity contribution in [2.24, 2.45) is 5.92 Å². The molecule has 3 rings (SSSR count). The van der Waals surface area contributed by atoms with Crippen LogP contribution in [0.4, 0.5) is 14.6 Å². The van der Waals surface area contributed by atoms with Crippen molar-refractivity contribution in [3.05, 3.63) is 36.2 Å². The van der Waals surface area contributed by atoms with Gasteiger partial charge in [0.15, 0.2) is 11.6 Å². The van der Waals surface area contributed by atoms with Crippen LogP contribution in [0.2, 0.25) is 0 Å². The number of ether oxygens (including phenoxy) is 2. The van der Waals surface area contributed by atoms with Crippen molar-refractivity contribution in [1.82, 2.24) is 29.7 Å². The summed E-state index contributed by atoms with van der Waals surface area (Å²) >= 11 is 0. The second kappa shape index (κ2) is 12.5. The maximum absolute atomic E-state index is 13.9. The summed E-state index contributed by atoms with van der Waals surface area (Å²) in [5, 5.41) is 6.15. The fourth-order valence-electron chi connectivity index (χ4n) is 3.60. The van der Waals surface area contributed by atoms with E-state index in [1.807, 2.05) is 20.9 Å². The molecule has 10 nitrogen and oxygen atoms in total. The average molecular weight is 506 g/mol. The zero-order chi connectivity index (χ0) is 26.2. The SMILES string of the molecule is COCCN(C)CCNC(=O)C(CC(C)C)Nc1cc(OC)nc(-n2cnc3cc(F)c(F)cc32)n1. The van der Waals surface area contributed by atoms with E-state index in [0.717, 1.165) is 18.7 Å². The lowest BCUT2D eigenvalue weighted by molar-refractivity contribution is -0.122. The largest absolute Gasteiger partial charge is 0.481 e. The van der Waals surface area contributed by atoms with Gasteiger partial charge in [0.05, 0.1) is 24.8 Å². The second-order valence-electron chi connectivity index (χ2n) is 8.88. The normalized spacial score (nSPS) is 12.4. The Kier molecular flexibility index (Phi) is 9.48. The number of halogens is 2. The lowest BCUT2D eigenvalue weighted by atomic mass is 10.0. The maximum Gasteiger partial charge on any atom is 0.242 e. The molecular weight excluding hydrogens is 472 g/mol. The molecule has 2 N–H and O–H groups in total. The van der Waals surface area contributed by atoms with Crippen LogP contribution in [0.5, 0.6) is 5.88 Å². The number of methoxy groups -OCH3 is 2. The Hall–Kier alpha value is -3.38. The summed E-state index contributed by atoms with van der Waals surface area (Å²) in [7, 11) is 5.07. The lowest BCUT2D eigenvalue weighted by Crippen LogP contribution is -2.43. The van der Waals surface area contributed by atoms with E-state index in [1.54, 1.807) is 13.2 Å². The van der Waals surface area contributed by atoms with Crippen LogP contribution < -0.4 is 15.4 Å². The predicted molar refractivity (Wildman–Crippen MR) is 132 cm³/mol. The number of hydrogen-bond acceptors (Lipinski definition) is 8. The Morgan fingerprint density at radius 2 is 1.89 bits per heavy atom. The molecule has 36 heavy (non-hydrogen) atoms. The number of nitrogens with one attached hydrogen (secondary N) is 2. The summed E-state index contributed by atoms with van der Waals surface area (Å²) in [5.41, 5.74) is 0.546. The Labute approximate surface area is 209 Å². The summed E-state index contributed by atoms with van der Waals surface area (Å²) in [6, 6.07) is 3.05. The molecule has 0 saturated carbocycles. The number of rotatable bonds is 13. The molecule has 2 heterocycles. The van der Waals surface area contributed by atoms with Crippen molar-refractivity contribution in [3.63, 3.8) is 0 Å². The van der Waals surface area contributed by atoms with Crippen molar-refractivity contribution in [3.8, 4) is 11.8 Å². The number of amides is 1. The molecule has 0 aliphatic heterocycles. The van der Waals surface area contributed by atoms with Gasteiger partial charge in [0.25, 0.3) is 0 Å². The van der Waals surface area contributed by atoms with Crippen LogP contribution in [0.25, 0.3) is 17.0 Å². The quantitative estimate of drug-likeness (QED) is 0.365. The first-order chi connectivity index (χ1) is 17.2. The molecule has 1 atom stereocenters. The fraction of sp³-hybridized carbons (Fsp3) is 0.500. The van der Waals surface area contributed by atoms with Crippen molar-refractivity contribution in [2.45, 2.75) is 26.3 Å². The number of hydrogen-bond donors (Lipinski definition) is 2. The van der Waals surface area contributed by atoms with E-state index in [4.69, 9.17) is 9.47 Å². The molecule has 1 amide bonds. The Balaban J connectivity index is 1.81. The molecule has 0 radical (unpaired) electrons. The number of imidazole rings is 1. The molecule has 3 aromatic rings. The summed E-state index contributed by atoms with van der Waals surface area (Å²) in [6.07, 6.45) is 1.94. The van der Waals surface area contributed by atoms with Crippen molar-refractivity contribution < 1.29 is 23.0 Å². The molecule has 0 saturated heterocycles. The van der Waals surface area contributed by atoms with Crippen LogP contribution in [0.1, 0.15) is 20.3 Å². The molecule has 0 fully saturated rings. The van der Waals surface area contributed by atoms with Gasteiger partial charge in [-0.2, -0.15) is 9.97 Å². The smallest absolute Gasteiger partial charge is 0.242 e. The maximum atomic E-state index is 13.9.